The van der Waals surface area contributed by atoms with Crippen LogP contribution in [0.2, 0.25) is 0 Å². The lowest BCUT2D eigenvalue weighted by molar-refractivity contribution is -0.136. The Kier molecular flexibility index (Phi) is 1.70. The van der Waals surface area contributed by atoms with Crippen molar-refractivity contribution in [3.63, 3.8) is 0 Å². The largest absolute Gasteiger partial charge is 0.378 e. The van der Waals surface area contributed by atoms with Gasteiger partial charge in [0.15, 0.2) is 0 Å². The zero-order valence-corrected chi connectivity index (χ0v) is 13.3. The van der Waals surface area contributed by atoms with Gasteiger partial charge in [0.2, 0.25) is 0 Å². The molecule has 4 aliphatic carbocycles. The molecule has 3 aliphatic heterocycles. The third-order valence-electron chi connectivity index (χ3n) is 8.84. The molecule has 4 bridgehead atoms. The number of anilines is 1. The zero-order chi connectivity index (χ0) is 15.0. The number of carbonyl (C=O) groups is 1. The van der Waals surface area contributed by atoms with Crippen LogP contribution in [0.1, 0.15) is 37.7 Å². The lowest BCUT2D eigenvalue weighted by Gasteiger charge is -2.67. The van der Waals surface area contributed by atoms with Gasteiger partial charge in [0.1, 0.15) is 5.78 Å². The number of nitrogens with one attached hydrogen (secondary N) is 1. The van der Waals surface area contributed by atoms with Crippen LogP contribution in [0.3, 0.4) is 0 Å². The Balaban J connectivity index is 1.64. The molecule has 1 aromatic carbocycles. The molecule has 1 N–H and O–H groups in total. The smallest absolute Gasteiger partial charge is 0.143 e. The van der Waals surface area contributed by atoms with Crippen molar-refractivity contribution in [3.8, 4) is 0 Å². The number of hydrogen-bond acceptors (Lipinski definition) is 3. The van der Waals surface area contributed by atoms with Gasteiger partial charge < -0.3 is 5.32 Å². The molecular formula is C20H22N2O. The van der Waals surface area contributed by atoms with E-state index in [1.165, 1.54) is 43.5 Å². The third kappa shape index (κ3) is 0.914. The van der Waals surface area contributed by atoms with Crippen LogP contribution in [-0.2, 0) is 10.2 Å². The normalized spacial score (nSPS) is 54.1. The van der Waals surface area contributed by atoms with Crippen molar-refractivity contribution in [1.29, 1.82) is 0 Å². The number of fused-ring (bicyclic) bond motifs is 2. The highest BCUT2D eigenvalue weighted by Crippen LogP contribution is 2.79. The Morgan fingerprint density at radius 3 is 3.00 bits per heavy atom. The van der Waals surface area contributed by atoms with Gasteiger partial charge in [-0.15, -0.1) is 0 Å². The molecule has 6 atom stereocenters. The van der Waals surface area contributed by atoms with Crippen LogP contribution in [0.15, 0.2) is 24.3 Å². The summed E-state index contributed by atoms with van der Waals surface area (Å²) in [6, 6.07) is 9.55. The Labute approximate surface area is 136 Å². The summed E-state index contributed by atoms with van der Waals surface area (Å²) in [4.78, 5) is 16.1. The first kappa shape index (κ1) is 12.1. The average Bonchev–Trinajstić information content (AvgIpc) is 3.13. The highest BCUT2D eigenvalue weighted by molar-refractivity contribution is 5.96. The number of piperidine rings is 1. The van der Waals surface area contributed by atoms with E-state index in [-0.39, 0.29) is 22.8 Å². The SMILES string of the molecule is O=C1C2C[C@@]34CCCN5CC1C1(c6ccccc6NC21CC3)[C@@H]54. The summed E-state index contributed by atoms with van der Waals surface area (Å²) in [7, 11) is 0. The fourth-order valence-corrected chi connectivity index (χ4v) is 8.57. The lowest BCUT2D eigenvalue weighted by Crippen LogP contribution is -2.74. The van der Waals surface area contributed by atoms with Gasteiger partial charge in [0.05, 0.1) is 5.54 Å². The van der Waals surface area contributed by atoms with Gasteiger partial charge in [-0.3, -0.25) is 9.69 Å². The Morgan fingerprint density at radius 1 is 1.13 bits per heavy atom. The molecule has 118 valence electrons. The second-order valence-corrected chi connectivity index (χ2v) is 9.09. The monoisotopic (exact) mass is 306 g/mol. The molecule has 2 saturated heterocycles. The van der Waals surface area contributed by atoms with E-state index in [0.717, 1.165) is 13.0 Å². The number of nitrogens with zero attached hydrogens (tertiary/aromatic N) is 1. The van der Waals surface area contributed by atoms with Gasteiger partial charge in [-0.05, 0) is 55.7 Å². The fraction of sp³-hybridized carbons (Fsp3) is 0.650. The Hall–Kier alpha value is -1.35. The van der Waals surface area contributed by atoms with E-state index in [9.17, 15) is 4.79 Å². The van der Waals surface area contributed by atoms with Crippen molar-refractivity contribution in [2.45, 2.75) is 49.1 Å². The number of Topliss-reactive ketones (excluding diaryl/α,β-unsaturated/α-hetero) is 1. The van der Waals surface area contributed by atoms with Crippen LogP contribution in [-0.4, -0.2) is 35.4 Å². The van der Waals surface area contributed by atoms with Crippen LogP contribution in [0.25, 0.3) is 0 Å². The first-order valence-electron chi connectivity index (χ1n) is 9.38. The van der Waals surface area contributed by atoms with Crippen molar-refractivity contribution < 1.29 is 4.79 Å². The van der Waals surface area contributed by atoms with Crippen molar-refractivity contribution in [1.82, 2.24) is 4.90 Å². The van der Waals surface area contributed by atoms with Crippen molar-refractivity contribution in [3.05, 3.63) is 29.8 Å². The maximum atomic E-state index is 13.4. The van der Waals surface area contributed by atoms with E-state index >= 15 is 0 Å². The molecule has 1 aromatic rings. The summed E-state index contributed by atoms with van der Waals surface area (Å²) >= 11 is 0. The summed E-state index contributed by atoms with van der Waals surface area (Å²) in [5.74, 6) is 1.11. The van der Waals surface area contributed by atoms with Gasteiger partial charge in [-0.2, -0.15) is 0 Å². The number of carbonyl (C=O) groups excluding carboxylic acids is 1. The standard InChI is InChI=1S/C20H22N2O/c23-16-13-10-18-6-3-9-22-11-14(16)20(17(18)22)12-4-1-2-5-15(12)21-19(13,20)8-7-18/h1-2,4-5,13-14,17,21H,3,6-11H2/t13?,14?,17-,18+,19?,20?/m0/s1. The molecule has 8 rings (SSSR count). The molecule has 23 heavy (non-hydrogen) atoms. The summed E-state index contributed by atoms with van der Waals surface area (Å²) < 4.78 is 0. The summed E-state index contributed by atoms with van der Waals surface area (Å²) in [6.07, 6.45) is 6.38. The van der Waals surface area contributed by atoms with Gasteiger partial charge in [-0.1, -0.05) is 18.2 Å². The first-order valence-corrected chi connectivity index (χ1v) is 9.38. The minimum absolute atomic E-state index is 0.0386. The van der Waals surface area contributed by atoms with Crippen LogP contribution < -0.4 is 5.32 Å². The van der Waals surface area contributed by atoms with E-state index in [2.05, 4.69) is 34.5 Å². The number of rotatable bonds is 0. The molecule has 0 radical (unpaired) electrons. The molecule has 3 nitrogen and oxygen atoms in total. The van der Waals surface area contributed by atoms with Gasteiger partial charge in [-0.25, -0.2) is 0 Å². The van der Waals surface area contributed by atoms with E-state index in [4.69, 9.17) is 0 Å². The molecule has 7 aliphatic rings. The number of para-hydroxylation sites is 1. The second-order valence-electron chi connectivity index (χ2n) is 9.09. The van der Waals surface area contributed by atoms with Crippen LogP contribution in [0.4, 0.5) is 5.69 Å². The maximum absolute atomic E-state index is 13.4. The minimum Gasteiger partial charge on any atom is -0.378 e. The second kappa shape index (κ2) is 3.23. The highest BCUT2D eigenvalue weighted by atomic mass is 16.1. The predicted octanol–water partition coefficient (Wildman–Crippen LogP) is 2.57. The zero-order valence-electron chi connectivity index (χ0n) is 13.3. The first-order chi connectivity index (χ1) is 11.2. The number of benzene rings is 1. The topological polar surface area (TPSA) is 32.3 Å². The van der Waals surface area contributed by atoms with E-state index in [1.807, 2.05) is 0 Å². The minimum atomic E-state index is 0.0386. The molecule has 6 fully saturated rings. The Bertz CT molecular complexity index is 790. The van der Waals surface area contributed by atoms with E-state index in [0.29, 0.717) is 17.2 Å². The lowest BCUT2D eigenvalue weighted by atomic mass is 9.41. The van der Waals surface area contributed by atoms with Crippen molar-refractivity contribution in [2.24, 2.45) is 17.3 Å². The average molecular weight is 306 g/mol. The molecular weight excluding hydrogens is 284 g/mol. The predicted molar refractivity (Wildman–Crippen MR) is 87.3 cm³/mol. The van der Waals surface area contributed by atoms with Gasteiger partial charge >= 0.3 is 0 Å². The highest BCUT2D eigenvalue weighted by Gasteiger charge is 2.86. The van der Waals surface area contributed by atoms with Crippen molar-refractivity contribution in [2.75, 3.05) is 18.4 Å². The molecule has 3 heteroatoms. The third-order valence-corrected chi connectivity index (χ3v) is 8.84. The van der Waals surface area contributed by atoms with E-state index in [1.54, 1.807) is 0 Å². The molecule has 3 spiro atoms. The van der Waals surface area contributed by atoms with Gasteiger partial charge in [0.25, 0.3) is 0 Å². The molecule has 3 heterocycles. The quantitative estimate of drug-likeness (QED) is 0.799. The van der Waals surface area contributed by atoms with Crippen LogP contribution >= 0.6 is 0 Å². The maximum Gasteiger partial charge on any atom is 0.143 e. The van der Waals surface area contributed by atoms with Crippen molar-refractivity contribution >= 4 is 11.5 Å². The molecule has 0 amide bonds. The summed E-state index contributed by atoms with van der Waals surface area (Å²) in [5.41, 5.74) is 3.36. The summed E-state index contributed by atoms with van der Waals surface area (Å²) in [5, 5.41) is 3.96. The van der Waals surface area contributed by atoms with E-state index < -0.39 is 0 Å². The number of hydrogen-bond donors (Lipinski definition) is 1. The van der Waals surface area contributed by atoms with Crippen LogP contribution in [0, 0.1) is 17.3 Å². The number of ketones is 1. The molecule has 4 saturated carbocycles. The molecule has 0 aromatic heterocycles. The van der Waals surface area contributed by atoms with Gasteiger partial charge in [0, 0.05) is 35.5 Å². The molecule has 4 unspecified atom stereocenters. The Morgan fingerprint density at radius 2 is 2.04 bits per heavy atom. The fourth-order valence-electron chi connectivity index (χ4n) is 8.57. The van der Waals surface area contributed by atoms with Crippen LogP contribution in [0.5, 0.6) is 0 Å². The summed E-state index contributed by atoms with van der Waals surface area (Å²) in [6.45, 7) is 2.24.